The smallest absolute Gasteiger partial charge is 0.271 e. The van der Waals surface area contributed by atoms with E-state index in [0.717, 1.165) is 41.4 Å². The van der Waals surface area contributed by atoms with Crippen LogP contribution in [0.5, 0.6) is 0 Å². The summed E-state index contributed by atoms with van der Waals surface area (Å²) in [6, 6.07) is 17.8. The van der Waals surface area contributed by atoms with Gasteiger partial charge in [0.2, 0.25) is 5.91 Å². The van der Waals surface area contributed by atoms with Gasteiger partial charge in [0.1, 0.15) is 4.21 Å². The number of carbonyl (C=O) groups is 1. The van der Waals surface area contributed by atoms with Crippen LogP contribution in [-0.4, -0.2) is 40.6 Å². The van der Waals surface area contributed by atoms with E-state index >= 15 is 0 Å². The van der Waals surface area contributed by atoms with Crippen molar-refractivity contribution in [3.63, 3.8) is 0 Å². The van der Waals surface area contributed by atoms with Crippen molar-refractivity contribution in [3.05, 3.63) is 71.6 Å². The second-order valence-corrected chi connectivity index (χ2v) is 9.93. The Morgan fingerprint density at radius 3 is 2.45 bits per heavy atom. The zero-order chi connectivity index (χ0) is 21.7. The number of hydrogen-bond donors (Lipinski definition) is 2. The summed E-state index contributed by atoms with van der Waals surface area (Å²) < 4.78 is 32.8. The third kappa shape index (κ3) is 5.43. The summed E-state index contributed by atoms with van der Waals surface area (Å²) in [5.41, 5.74) is 3.00. The summed E-state index contributed by atoms with van der Waals surface area (Å²) in [6.07, 6.45) is 0.190. The first-order valence-electron chi connectivity index (χ1n) is 9.88. The number of rotatable bonds is 7. The molecule has 0 aliphatic carbocycles. The van der Waals surface area contributed by atoms with E-state index in [4.69, 9.17) is 4.74 Å². The molecule has 0 atom stereocenters. The van der Waals surface area contributed by atoms with Crippen LogP contribution in [0.25, 0.3) is 0 Å². The third-order valence-electron chi connectivity index (χ3n) is 4.86. The molecule has 1 aromatic heterocycles. The molecule has 2 N–H and O–H groups in total. The minimum Gasteiger partial charge on any atom is -0.378 e. The van der Waals surface area contributed by atoms with Gasteiger partial charge in [-0.1, -0.05) is 30.3 Å². The molecule has 2 heterocycles. The summed E-state index contributed by atoms with van der Waals surface area (Å²) in [6.45, 7) is 2.92. The molecular weight excluding hydrogens is 434 g/mol. The highest BCUT2D eigenvalue weighted by molar-refractivity contribution is 7.94. The van der Waals surface area contributed by atoms with E-state index in [1.807, 2.05) is 24.3 Å². The van der Waals surface area contributed by atoms with E-state index in [-0.39, 0.29) is 16.5 Å². The third-order valence-corrected chi connectivity index (χ3v) is 7.64. The Kier molecular flexibility index (Phi) is 6.55. The number of benzene rings is 2. The number of para-hydroxylation sites is 2. The molecule has 1 fully saturated rings. The maximum atomic E-state index is 12.6. The molecule has 1 aliphatic rings. The average molecular weight is 458 g/mol. The minimum absolute atomic E-state index is 0.132. The lowest BCUT2D eigenvalue weighted by atomic mass is 10.1. The highest BCUT2D eigenvalue weighted by Crippen LogP contribution is 2.26. The standard InChI is InChI=1S/C22H23N3O4S2/c26-21(23-19-4-1-2-5-20(19)25-11-13-29-14-12-25)16-17-7-9-18(10-8-17)24-31(27,28)22-6-3-15-30-22/h1-10,15,24H,11-14,16H2,(H,23,26). The van der Waals surface area contributed by atoms with Gasteiger partial charge in [-0.2, -0.15) is 0 Å². The molecular formula is C22H23N3O4S2. The molecule has 0 radical (unpaired) electrons. The number of nitrogens with zero attached hydrogens (tertiary/aromatic N) is 1. The van der Waals surface area contributed by atoms with Gasteiger partial charge in [0.25, 0.3) is 10.0 Å². The van der Waals surface area contributed by atoms with Crippen molar-refractivity contribution in [2.45, 2.75) is 10.6 Å². The minimum atomic E-state index is -3.59. The first-order valence-corrected chi connectivity index (χ1v) is 12.2. The quantitative estimate of drug-likeness (QED) is 0.566. The van der Waals surface area contributed by atoms with E-state index in [9.17, 15) is 13.2 Å². The summed E-state index contributed by atoms with van der Waals surface area (Å²) in [4.78, 5) is 14.8. The molecule has 0 spiro atoms. The lowest BCUT2D eigenvalue weighted by Gasteiger charge is -2.30. The van der Waals surface area contributed by atoms with Crippen LogP contribution >= 0.6 is 11.3 Å². The van der Waals surface area contributed by atoms with Crippen LogP contribution in [0.3, 0.4) is 0 Å². The zero-order valence-electron chi connectivity index (χ0n) is 16.8. The van der Waals surface area contributed by atoms with Crippen molar-refractivity contribution in [1.82, 2.24) is 0 Å². The molecule has 162 valence electrons. The number of thiophene rings is 1. The largest absolute Gasteiger partial charge is 0.378 e. The number of hydrogen-bond acceptors (Lipinski definition) is 6. The number of amides is 1. The SMILES string of the molecule is O=C(Cc1ccc(NS(=O)(=O)c2cccs2)cc1)Nc1ccccc1N1CCOCC1. The van der Waals surface area contributed by atoms with E-state index in [0.29, 0.717) is 18.9 Å². The molecule has 1 aliphatic heterocycles. The van der Waals surface area contributed by atoms with Gasteiger partial charge in [0, 0.05) is 18.8 Å². The Bertz CT molecular complexity index is 1120. The van der Waals surface area contributed by atoms with Gasteiger partial charge in [0.05, 0.1) is 31.0 Å². The van der Waals surface area contributed by atoms with E-state index in [1.165, 1.54) is 0 Å². The summed E-state index contributed by atoms with van der Waals surface area (Å²) in [5, 5.41) is 4.71. The van der Waals surface area contributed by atoms with Crippen LogP contribution in [0.4, 0.5) is 17.1 Å². The Morgan fingerprint density at radius 2 is 1.74 bits per heavy atom. The second kappa shape index (κ2) is 9.51. The van der Waals surface area contributed by atoms with Crippen LogP contribution in [-0.2, 0) is 26.0 Å². The van der Waals surface area contributed by atoms with Crippen molar-refractivity contribution >= 4 is 44.3 Å². The fourth-order valence-electron chi connectivity index (χ4n) is 3.35. The molecule has 1 amide bonds. The first-order chi connectivity index (χ1) is 15.0. The highest BCUT2D eigenvalue weighted by atomic mass is 32.2. The van der Waals surface area contributed by atoms with Crippen molar-refractivity contribution in [3.8, 4) is 0 Å². The zero-order valence-corrected chi connectivity index (χ0v) is 18.4. The van der Waals surface area contributed by atoms with Crippen molar-refractivity contribution in [2.24, 2.45) is 0 Å². The van der Waals surface area contributed by atoms with Gasteiger partial charge in [-0.05, 0) is 41.3 Å². The molecule has 0 bridgehead atoms. The van der Waals surface area contributed by atoms with Crippen LogP contribution in [0.1, 0.15) is 5.56 Å². The molecule has 3 aromatic rings. The lowest BCUT2D eigenvalue weighted by molar-refractivity contribution is -0.115. The number of carbonyl (C=O) groups excluding carboxylic acids is 1. The first kappa shape index (κ1) is 21.4. The van der Waals surface area contributed by atoms with E-state index in [1.54, 1.807) is 41.8 Å². The summed E-state index contributed by atoms with van der Waals surface area (Å²) >= 11 is 1.16. The Morgan fingerprint density at radius 1 is 1.00 bits per heavy atom. The maximum absolute atomic E-state index is 12.6. The van der Waals surface area contributed by atoms with Gasteiger partial charge in [-0.15, -0.1) is 11.3 Å². The molecule has 4 rings (SSSR count). The predicted molar refractivity (Wildman–Crippen MR) is 123 cm³/mol. The molecule has 9 heteroatoms. The predicted octanol–water partition coefficient (Wildman–Crippen LogP) is 3.57. The normalized spacial score (nSPS) is 14.3. The average Bonchev–Trinajstić information content (AvgIpc) is 3.32. The Balaban J connectivity index is 1.38. The molecule has 0 unspecified atom stereocenters. The number of nitrogens with one attached hydrogen (secondary N) is 2. The van der Waals surface area contributed by atoms with Gasteiger partial charge in [-0.3, -0.25) is 9.52 Å². The molecule has 1 saturated heterocycles. The Labute approximate surface area is 185 Å². The molecule has 7 nitrogen and oxygen atoms in total. The van der Waals surface area contributed by atoms with Gasteiger partial charge >= 0.3 is 0 Å². The number of anilines is 3. The van der Waals surface area contributed by atoms with E-state index in [2.05, 4.69) is 14.9 Å². The van der Waals surface area contributed by atoms with Gasteiger partial charge in [0.15, 0.2) is 0 Å². The second-order valence-electron chi connectivity index (χ2n) is 7.08. The van der Waals surface area contributed by atoms with Crippen molar-refractivity contribution < 1.29 is 17.9 Å². The molecule has 0 saturated carbocycles. The number of sulfonamides is 1. The van der Waals surface area contributed by atoms with Crippen LogP contribution in [0.2, 0.25) is 0 Å². The Hall–Kier alpha value is -2.88. The lowest BCUT2D eigenvalue weighted by Crippen LogP contribution is -2.36. The van der Waals surface area contributed by atoms with Gasteiger partial charge in [-0.25, -0.2) is 8.42 Å². The van der Waals surface area contributed by atoms with Crippen molar-refractivity contribution in [2.75, 3.05) is 41.2 Å². The summed E-state index contributed by atoms with van der Waals surface area (Å²) in [7, 11) is -3.59. The van der Waals surface area contributed by atoms with E-state index < -0.39 is 10.0 Å². The maximum Gasteiger partial charge on any atom is 0.271 e. The fourth-order valence-corrected chi connectivity index (χ4v) is 5.40. The van der Waals surface area contributed by atoms with Crippen LogP contribution < -0.4 is 14.9 Å². The van der Waals surface area contributed by atoms with Crippen LogP contribution in [0, 0.1) is 0 Å². The monoisotopic (exact) mass is 457 g/mol. The fraction of sp³-hybridized carbons (Fsp3) is 0.227. The summed E-state index contributed by atoms with van der Waals surface area (Å²) in [5.74, 6) is -0.132. The number of morpholine rings is 1. The highest BCUT2D eigenvalue weighted by Gasteiger charge is 2.17. The van der Waals surface area contributed by atoms with Crippen LogP contribution in [0.15, 0.2) is 70.3 Å². The topological polar surface area (TPSA) is 87.7 Å². The molecule has 31 heavy (non-hydrogen) atoms. The number of ether oxygens (including phenoxy) is 1. The molecule has 2 aromatic carbocycles. The van der Waals surface area contributed by atoms with Crippen molar-refractivity contribution in [1.29, 1.82) is 0 Å². The van der Waals surface area contributed by atoms with Gasteiger partial charge < -0.3 is 15.0 Å².